The number of aliphatic hydroxyl groups excluding tert-OH is 1. The van der Waals surface area contributed by atoms with E-state index in [-0.39, 0.29) is 0 Å². The third-order valence-electron chi connectivity index (χ3n) is 1.98. The minimum atomic E-state index is -1.18. The van der Waals surface area contributed by atoms with Crippen LogP contribution >= 0.6 is 0 Å². The summed E-state index contributed by atoms with van der Waals surface area (Å²) in [6, 6.07) is 9.16. The van der Waals surface area contributed by atoms with Crippen molar-refractivity contribution in [3.05, 3.63) is 36.5 Å². The van der Waals surface area contributed by atoms with E-state index in [9.17, 15) is 4.79 Å². The number of nitrogens with one attached hydrogen (secondary N) is 1. The third-order valence-corrected chi connectivity index (χ3v) is 1.98. The number of hydrogen-bond donors (Lipinski definition) is 4. The maximum atomic E-state index is 9.65. The summed E-state index contributed by atoms with van der Waals surface area (Å²) >= 11 is 0. The molecule has 0 aliphatic rings. The highest BCUT2D eigenvalue weighted by molar-refractivity contribution is 5.78. The summed E-state index contributed by atoms with van der Waals surface area (Å²) < 4.78 is 0. The van der Waals surface area contributed by atoms with E-state index >= 15 is 0 Å². The number of aliphatic hydroxyl groups is 1. The van der Waals surface area contributed by atoms with Crippen molar-refractivity contribution in [1.29, 1.82) is 0 Å². The van der Waals surface area contributed by atoms with Crippen molar-refractivity contribution in [2.45, 2.75) is 6.04 Å². The highest BCUT2D eigenvalue weighted by Gasteiger charge is 2.06. The molecule has 0 saturated carbocycles. The normalized spacial score (nSPS) is 11.6. The highest BCUT2D eigenvalue weighted by atomic mass is 16.4. The molecule has 0 bridgehead atoms. The molecule has 2 aromatic rings. The van der Waals surface area contributed by atoms with Crippen LogP contribution in [0.3, 0.4) is 0 Å². The maximum absolute atomic E-state index is 9.65. The molecule has 0 radical (unpaired) electrons. The van der Waals surface area contributed by atoms with Crippen molar-refractivity contribution in [1.82, 2.24) is 4.98 Å². The van der Waals surface area contributed by atoms with Crippen molar-refractivity contribution < 1.29 is 15.0 Å². The summed E-state index contributed by atoms with van der Waals surface area (Å²) in [7, 11) is 0. The molecular formula is C11H14N2O3. The first-order valence-electron chi connectivity index (χ1n) is 4.76. The van der Waals surface area contributed by atoms with Crippen molar-refractivity contribution in [3.63, 3.8) is 0 Å². The molecule has 5 nitrogen and oxygen atoms in total. The predicted octanol–water partition coefficient (Wildman–Crippen LogP) is 0.558. The number of H-pyrrole nitrogens is 1. The number of rotatable bonds is 2. The van der Waals surface area contributed by atoms with Gasteiger partial charge < -0.3 is 20.9 Å². The molecule has 0 fully saturated rings. The van der Waals surface area contributed by atoms with Crippen LogP contribution in [0.4, 0.5) is 0 Å². The Hall–Kier alpha value is -1.85. The fourth-order valence-electron chi connectivity index (χ4n) is 1.07. The van der Waals surface area contributed by atoms with Crippen LogP contribution in [0.1, 0.15) is 0 Å². The van der Waals surface area contributed by atoms with E-state index in [4.69, 9.17) is 15.9 Å². The van der Waals surface area contributed by atoms with Crippen LogP contribution in [0.15, 0.2) is 36.5 Å². The smallest absolute Gasteiger partial charge is 0.322 e. The Labute approximate surface area is 92.5 Å². The van der Waals surface area contributed by atoms with Gasteiger partial charge in [0.2, 0.25) is 0 Å². The van der Waals surface area contributed by atoms with E-state index in [0.717, 1.165) is 0 Å². The second-order valence-electron chi connectivity index (χ2n) is 3.19. The number of fused-ring (bicyclic) bond motifs is 1. The largest absolute Gasteiger partial charge is 0.480 e. The SMILES string of the molecule is N[C@@H](CO)C(=O)O.c1ccc2[nH]ccc2c1. The summed E-state index contributed by atoms with van der Waals surface area (Å²) in [5, 5.41) is 17.2. The Balaban J connectivity index is 0.000000168. The number of carboxylic acids is 1. The molecule has 2 rings (SSSR count). The summed E-state index contributed by atoms with van der Waals surface area (Å²) in [6.07, 6.45) is 1.95. The first kappa shape index (κ1) is 12.2. The summed E-state index contributed by atoms with van der Waals surface area (Å²) in [5.74, 6) is -1.18. The van der Waals surface area contributed by atoms with Gasteiger partial charge >= 0.3 is 5.97 Å². The van der Waals surface area contributed by atoms with Crippen molar-refractivity contribution in [2.24, 2.45) is 5.73 Å². The standard InChI is InChI=1S/C8H7N.C3H7NO3/c1-2-4-8-7(3-1)5-6-9-8;4-2(1-5)3(6)7/h1-6,9H;2,5H,1,4H2,(H,6,7)/t;2-/m.0/s1. The lowest BCUT2D eigenvalue weighted by molar-refractivity contribution is -0.139. The maximum Gasteiger partial charge on any atom is 0.322 e. The topological polar surface area (TPSA) is 99.3 Å². The zero-order chi connectivity index (χ0) is 12.0. The predicted molar refractivity (Wildman–Crippen MR) is 61.0 cm³/mol. The number of aliphatic carboxylic acids is 1. The van der Waals surface area contributed by atoms with E-state index in [1.54, 1.807) is 0 Å². The molecule has 0 aliphatic heterocycles. The Morgan fingerprint density at radius 3 is 2.56 bits per heavy atom. The molecule has 0 aliphatic carbocycles. The van der Waals surface area contributed by atoms with Gasteiger partial charge in [0.05, 0.1) is 6.61 Å². The zero-order valence-electron chi connectivity index (χ0n) is 8.63. The average molecular weight is 222 g/mol. The van der Waals surface area contributed by atoms with Crippen LogP contribution in [-0.2, 0) is 4.79 Å². The lowest BCUT2D eigenvalue weighted by atomic mass is 10.3. The molecule has 1 aromatic heterocycles. The number of aromatic amines is 1. The van der Waals surface area contributed by atoms with Gasteiger partial charge in [0.15, 0.2) is 0 Å². The minimum Gasteiger partial charge on any atom is -0.480 e. The van der Waals surface area contributed by atoms with Gasteiger partial charge in [-0.1, -0.05) is 18.2 Å². The monoisotopic (exact) mass is 222 g/mol. The van der Waals surface area contributed by atoms with Gasteiger partial charge in [-0.05, 0) is 17.5 Å². The lowest BCUT2D eigenvalue weighted by Crippen LogP contribution is -2.33. The first-order chi connectivity index (χ1) is 7.65. The quantitative estimate of drug-likeness (QED) is 0.596. The lowest BCUT2D eigenvalue weighted by Gasteiger charge is -1.96. The van der Waals surface area contributed by atoms with Gasteiger partial charge in [-0.25, -0.2) is 0 Å². The van der Waals surface area contributed by atoms with Crippen LogP contribution in [0.25, 0.3) is 10.9 Å². The average Bonchev–Trinajstić information content (AvgIpc) is 2.76. The van der Waals surface area contributed by atoms with E-state index in [2.05, 4.69) is 23.2 Å². The number of nitrogens with two attached hydrogens (primary N) is 1. The second-order valence-corrected chi connectivity index (χ2v) is 3.19. The first-order valence-corrected chi connectivity index (χ1v) is 4.76. The summed E-state index contributed by atoms with van der Waals surface area (Å²) in [4.78, 5) is 12.8. The van der Waals surface area contributed by atoms with E-state index in [1.165, 1.54) is 10.9 Å². The van der Waals surface area contributed by atoms with Crippen LogP contribution < -0.4 is 5.73 Å². The van der Waals surface area contributed by atoms with Crippen molar-refractivity contribution in [3.8, 4) is 0 Å². The van der Waals surface area contributed by atoms with Gasteiger partial charge in [-0.2, -0.15) is 0 Å². The Morgan fingerprint density at radius 2 is 2.06 bits per heavy atom. The van der Waals surface area contributed by atoms with Crippen LogP contribution in [0.5, 0.6) is 0 Å². The molecule has 0 saturated heterocycles. The molecule has 5 N–H and O–H groups in total. The number of aromatic nitrogens is 1. The molecule has 16 heavy (non-hydrogen) atoms. The van der Waals surface area contributed by atoms with Gasteiger partial charge in [-0.3, -0.25) is 4.79 Å². The van der Waals surface area contributed by atoms with E-state index in [1.807, 2.05) is 18.3 Å². The van der Waals surface area contributed by atoms with Crippen LogP contribution in [0, 0.1) is 0 Å². The Bertz CT molecular complexity index is 423. The molecule has 1 heterocycles. The molecule has 1 aromatic carbocycles. The molecule has 0 spiro atoms. The molecule has 0 amide bonds. The van der Waals surface area contributed by atoms with E-state index in [0.29, 0.717) is 0 Å². The molecule has 86 valence electrons. The number of carbonyl (C=O) groups is 1. The van der Waals surface area contributed by atoms with Crippen LogP contribution in [-0.4, -0.2) is 33.8 Å². The summed E-state index contributed by atoms with van der Waals surface area (Å²) in [6.45, 7) is -0.505. The zero-order valence-corrected chi connectivity index (χ0v) is 8.63. The molecule has 5 heteroatoms. The molecular weight excluding hydrogens is 208 g/mol. The van der Waals surface area contributed by atoms with E-state index < -0.39 is 18.6 Å². The number of carboxylic acid groups (broad SMARTS) is 1. The van der Waals surface area contributed by atoms with Gasteiger partial charge in [0.1, 0.15) is 6.04 Å². The fourth-order valence-corrected chi connectivity index (χ4v) is 1.07. The third kappa shape index (κ3) is 3.38. The number of hydrogen-bond acceptors (Lipinski definition) is 3. The highest BCUT2D eigenvalue weighted by Crippen LogP contribution is 2.09. The van der Waals surface area contributed by atoms with Crippen molar-refractivity contribution >= 4 is 16.9 Å². The van der Waals surface area contributed by atoms with Gasteiger partial charge in [0, 0.05) is 11.7 Å². The Morgan fingerprint density at radius 1 is 1.38 bits per heavy atom. The van der Waals surface area contributed by atoms with Crippen molar-refractivity contribution in [2.75, 3.05) is 6.61 Å². The molecule has 0 unspecified atom stereocenters. The molecule has 1 atom stereocenters. The van der Waals surface area contributed by atoms with Gasteiger partial charge in [0.25, 0.3) is 0 Å². The summed E-state index contributed by atoms with van der Waals surface area (Å²) in [5.41, 5.74) is 5.97. The number of benzene rings is 1. The van der Waals surface area contributed by atoms with Crippen LogP contribution in [0.2, 0.25) is 0 Å². The fraction of sp³-hybridized carbons (Fsp3) is 0.182. The Kier molecular flexibility index (Phi) is 4.50. The minimum absolute atomic E-state index is 0.505. The van der Waals surface area contributed by atoms with Gasteiger partial charge in [-0.15, -0.1) is 0 Å². The second kappa shape index (κ2) is 5.89. The number of para-hydroxylation sites is 1.